The smallest absolute Gasteiger partial charge is 0.255 e. The molecular formula is C23H23NO3. The van der Waals surface area contributed by atoms with Gasteiger partial charge in [0.05, 0.1) is 11.7 Å². The molecule has 1 atom stereocenters. The van der Waals surface area contributed by atoms with Crippen LogP contribution in [0.1, 0.15) is 28.8 Å². The normalized spacial score (nSPS) is 16.4. The van der Waals surface area contributed by atoms with Gasteiger partial charge in [-0.15, -0.1) is 0 Å². The third kappa shape index (κ3) is 4.12. The van der Waals surface area contributed by atoms with Crippen molar-refractivity contribution in [2.24, 2.45) is 0 Å². The summed E-state index contributed by atoms with van der Waals surface area (Å²) in [6.45, 7) is 1.75. The number of carbonyl (C=O) groups is 1. The molecule has 0 bridgehead atoms. The molecule has 4 heteroatoms. The van der Waals surface area contributed by atoms with E-state index in [9.17, 15) is 4.79 Å². The van der Waals surface area contributed by atoms with Gasteiger partial charge >= 0.3 is 0 Å². The number of rotatable bonds is 6. The molecule has 1 unspecified atom stereocenters. The van der Waals surface area contributed by atoms with Crippen molar-refractivity contribution < 1.29 is 14.3 Å². The lowest BCUT2D eigenvalue weighted by atomic mass is 10.0. The highest BCUT2D eigenvalue weighted by molar-refractivity contribution is 5.97. The predicted molar refractivity (Wildman–Crippen MR) is 106 cm³/mol. The molecule has 4 rings (SSSR count). The van der Waals surface area contributed by atoms with Gasteiger partial charge in [-0.1, -0.05) is 54.6 Å². The van der Waals surface area contributed by atoms with E-state index >= 15 is 0 Å². The first-order chi connectivity index (χ1) is 13.3. The highest BCUT2D eigenvalue weighted by Gasteiger charge is 2.18. The average Bonchev–Trinajstić information content (AvgIpc) is 3.24. The Morgan fingerprint density at radius 3 is 2.74 bits per heavy atom. The van der Waals surface area contributed by atoms with Crippen molar-refractivity contribution in [2.75, 3.05) is 13.2 Å². The summed E-state index contributed by atoms with van der Waals surface area (Å²) in [6.07, 6.45) is 2.20. The number of carbonyl (C=O) groups excluding carboxylic acids is 1. The molecule has 138 valence electrons. The number of hydrogen-bond donors (Lipinski definition) is 1. The molecular weight excluding hydrogens is 338 g/mol. The van der Waals surface area contributed by atoms with E-state index in [1.165, 1.54) is 5.39 Å². The zero-order valence-corrected chi connectivity index (χ0v) is 15.2. The summed E-state index contributed by atoms with van der Waals surface area (Å²) in [5.41, 5.74) is 1.65. The number of ether oxygens (including phenoxy) is 2. The third-order valence-corrected chi connectivity index (χ3v) is 4.90. The fraction of sp³-hybridized carbons (Fsp3) is 0.261. The maximum absolute atomic E-state index is 12.7. The molecule has 1 aliphatic rings. The highest BCUT2D eigenvalue weighted by atomic mass is 16.5. The third-order valence-electron chi connectivity index (χ3n) is 4.90. The molecule has 0 saturated carbocycles. The van der Waals surface area contributed by atoms with Gasteiger partial charge in [0, 0.05) is 13.2 Å². The van der Waals surface area contributed by atoms with Crippen LogP contribution in [-0.4, -0.2) is 25.2 Å². The predicted octanol–water partition coefficient (Wildman–Crippen LogP) is 4.33. The molecule has 1 fully saturated rings. The quantitative estimate of drug-likeness (QED) is 0.711. The number of para-hydroxylation sites is 1. The van der Waals surface area contributed by atoms with E-state index in [1.807, 2.05) is 42.5 Å². The second kappa shape index (κ2) is 8.23. The zero-order valence-electron chi connectivity index (χ0n) is 15.2. The van der Waals surface area contributed by atoms with Crippen molar-refractivity contribution in [3.05, 3.63) is 77.9 Å². The molecule has 3 aromatic rings. The topological polar surface area (TPSA) is 47.6 Å². The molecule has 0 aromatic heterocycles. The van der Waals surface area contributed by atoms with Crippen molar-refractivity contribution in [3.8, 4) is 5.75 Å². The second-order valence-electron chi connectivity index (χ2n) is 6.76. The maximum atomic E-state index is 12.7. The van der Waals surface area contributed by atoms with Crippen LogP contribution >= 0.6 is 0 Å². The first-order valence-electron chi connectivity index (χ1n) is 9.39. The van der Waals surface area contributed by atoms with Gasteiger partial charge in [-0.2, -0.15) is 0 Å². The molecule has 0 aliphatic carbocycles. The SMILES string of the molecule is O=C(NCc1cccc2ccccc12)c1ccccc1OCC1CCCO1. The van der Waals surface area contributed by atoms with Gasteiger partial charge < -0.3 is 14.8 Å². The van der Waals surface area contributed by atoms with E-state index in [0.29, 0.717) is 24.5 Å². The molecule has 0 spiro atoms. The summed E-state index contributed by atoms with van der Waals surface area (Å²) < 4.78 is 11.5. The van der Waals surface area contributed by atoms with E-state index in [1.54, 1.807) is 6.07 Å². The van der Waals surface area contributed by atoms with Crippen molar-refractivity contribution in [1.29, 1.82) is 0 Å². The van der Waals surface area contributed by atoms with Gasteiger partial charge in [-0.3, -0.25) is 4.79 Å². The molecule has 1 aliphatic heterocycles. The Morgan fingerprint density at radius 1 is 1.04 bits per heavy atom. The maximum Gasteiger partial charge on any atom is 0.255 e. The Labute approximate surface area is 159 Å². The molecule has 4 nitrogen and oxygen atoms in total. The summed E-state index contributed by atoms with van der Waals surface area (Å²) in [5, 5.41) is 5.35. The lowest BCUT2D eigenvalue weighted by molar-refractivity contribution is 0.0670. The standard InChI is InChI=1S/C23H23NO3/c25-23(24-15-18-9-5-8-17-7-1-2-11-20(17)18)21-12-3-4-13-22(21)27-16-19-10-6-14-26-19/h1-5,7-9,11-13,19H,6,10,14-16H2,(H,24,25). The zero-order chi connectivity index (χ0) is 18.5. The molecule has 1 N–H and O–H groups in total. The van der Waals surface area contributed by atoms with Crippen LogP contribution in [0.25, 0.3) is 10.8 Å². The van der Waals surface area contributed by atoms with Crippen LogP contribution in [0.15, 0.2) is 66.7 Å². The van der Waals surface area contributed by atoms with Crippen molar-refractivity contribution in [2.45, 2.75) is 25.5 Å². The Hall–Kier alpha value is -2.85. The van der Waals surface area contributed by atoms with Gasteiger partial charge in [-0.25, -0.2) is 0 Å². The van der Waals surface area contributed by atoms with E-state index < -0.39 is 0 Å². The molecule has 3 aromatic carbocycles. The van der Waals surface area contributed by atoms with Crippen molar-refractivity contribution >= 4 is 16.7 Å². The minimum Gasteiger partial charge on any atom is -0.490 e. The van der Waals surface area contributed by atoms with E-state index in [0.717, 1.165) is 30.4 Å². The van der Waals surface area contributed by atoms with Crippen LogP contribution in [-0.2, 0) is 11.3 Å². The lowest BCUT2D eigenvalue weighted by Crippen LogP contribution is -2.24. The van der Waals surface area contributed by atoms with Gasteiger partial charge in [0.1, 0.15) is 12.4 Å². The van der Waals surface area contributed by atoms with Gasteiger partial charge in [-0.05, 0) is 41.3 Å². The molecule has 1 amide bonds. The largest absolute Gasteiger partial charge is 0.490 e. The fourth-order valence-electron chi connectivity index (χ4n) is 3.46. The number of fused-ring (bicyclic) bond motifs is 1. The number of amides is 1. The van der Waals surface area contributed by atoms with Gasteiger partial charge in [0.25, 0.3) is 5.91 Å². The van der Waals surface area contributed by atoms with Crippen molar-refractivity contribution in [1.82, 2.24) is 5.32 Å². The Balaban J connectivity index is 1.45. The Morgan fingerprint density at radius 2 is 1.85 bits per heavy atom. The Kier molecular flexibility index (Phi) is 5.35. The van der Waals surface area contributed by atoms with Crippen molar-refractivity contribution in [3.63, 3.8) is 0 Å². The molecule has 0 radical (unpaired) electrons. The van der Waals surface area contributed by atoms with Crippen LogP contribution < -0.4 is 10.1 Å². The molecule has 1 saturated heterocycles. The average molecular weight is 361 g/mol. The molecule has 27 heavy (non-hydrogen) atoms. The minimum atomic E-state index is -0.133. The van der Waals surface area contributed by atoms with E-state index in [-0.39, 0.29) is 12.0 Å². The fourth-order valence-corrected chi connectivity index (χ4v) is 3.46. The van der Waals surface area contributed by atoms with Crippen LogP contribution in [0.5, 0.6) is 5.75 Å². The first kappa shape index (κ1) is 17.6. The summed E-state index contributed by atoms with van der Waals surface area (Å²) in [6, 6.07) is 21.7. The second-order valence-corrected chi connectivity index (χ2v) is 6.76. The highest BCUT2D eigenvalue weighted by Crippen LogP contribution is 2.22. The number of nitrogens with one attached hydrogen (secondary N) is 1. The summed E-state index contributed by atoms with van der Waals surface area (Å²) in [5.74, 6) is 0.467. The van der Waals surface area contributed by atoms with Crippen LogP contribution in [0.4, 0.5) is 0 Å². The van der Waals surface area contributed by atoms with E-state index in [4.69, 9.17) is 9.47 Å². The van der Waals surface area contributed by atoms with E-state index in [2.05, 4.69) is 23.5 Å². The van der Waals surface area contributed by atoms with Crippen LogP contribution in [0.3, 0.4) is 0 Å². The van der Waals surface area contributed by atoms with Gasteiger partial charge in [0.2, 0.25) is 0 Å². The lowest BCUT2D eigenvalue weighted by Gasteiger charge is -2.15. The minimum absolute atomic E-state index is 0.122. The summed E-state index contributed by atoms with van der Waals surface area (Å²) in [7, 11) is 0. The monoisotopic (exact) mass is 361 g/mol. The van der Waals surface area contributed by atoms with Gasteiger partial charge in [0.15, 0.2) is 0 Å². The van der Waals surface area contributed by atoms with Crippen LogP contribution in [0.2, 0.25) is 0 Å². The number of hydrogen-bond acceptors (Lipinski definition) is 3. The number of benzene rings is 3. The summed E-state index contributed by atoms with van der Waals surface area (Å²) >= 11 is 0. The molecule has 1 heterocycles. The summed E-state index contributed by atoms with van der Waals surface area (Å²) in [4.78, 5) is 12.7. The Bertz CT molecular complexity index is 926. The first-order valence-corrected chi connectivity index (χ1v) is 9.39. The van der Waals surface area contributed by atoms with Crippen LogP contribution in [0, 0.1) is 0 Å².